The molecular formula is C66H44. The smallest absolute Gasteiger partial charge is 0.0622 e. The van der Waals surface area contributed by atoms with E-state index >= 15 is 0 Å². The Hall–Kier alpha value is -8.06. The maximum atomic E-state index is 2.54. The fraction of sp³-hybridized carbons (Fsp3) is 0.0606. The van der Waals surface area contributed by atoms with Crippen LogP contribution in [0.25, 0.3) is 98.4 Å². The molecule has 0 atom stereocenters. The molecule has 0 bridgehead atoms. The Morgan fingerprint density at radius 3 is 1.33 bits per heavy atom. The second-order valence-corrected chi connectivity index (χ2v) is 19.1. The summed E-state index contributed by atoms with van der Waals surface area (Å²) in [6.45, 7) is 4.76. The molecule has 308 valence electrons. The molecule has 0 amide bonds. The molecule has 0 radical (unpaired) electrons. The van der Waals surface area contributed by atoms with Gasteiger partial charge in [0, 0.05) is 5.41 Å². The first-order valence-electron chi connectivity index (χ1n) is 23.3. The van der Waals surface area contributed by atoms with Crippen LogP contribution in [0.15, 0.2) is 231 Å². The first-order valence-corrected chi connectivity index (χ1v) is 23.3. The van der Waals surface area contributed by atoms with Crippen LogP contribution in [0.5, 0.6) is 0 Å². The molecule has 0 heteroatoms. The van der Waals surface area contributed by atoms with Gasteiger partial charge in [-0.3, -0.25) is 0 Å². The Morgan fingerprint density at radius 2 is 0.727 bits per heavy atom. The Kier molecular flexibility index (Phi) is 7.76. The van der Waals surface area contributed by atoms with Gasteiger partial charge in [-0.1, -0.05) is 220 Å². The minimum Gasteiger partial charge on any atom is -0.0622 e. The molecule has 12 aromatic rings. The van der Waals surface area contributed by atoms with Crippen LogP contribution < -0.4 is 0 Å². The second-order valence-electron chi connectivity index (χ2n) is 19.1. The van der Waals surface area contributed by atoms with Crippen LogP contribution in [0.2, 0.25) is 0 Å². The van der Waals surface area contributed by atoms with E-state index in [4.69, 9.17) is 0 Å². The van der Waals surface area contributed by atoms with E-state index in [1.54, 1.807) is 0 Å². The van der Waals surface area contributed by atoms with Crippen molar-refractivity contribution in [2.45, 2.75) is 24.7 Å². The van der Waals surface area contributed by atoms with Gasteiger partial charge in [0.2, 0.25) is 0 Å². The van der Waals surface area contributed by atoms with E-state index < -0.39 is 5.41 Å². The van der Waals surface area contributed by atoms with Crippen molar-refractivity contribution in [2.75, 3.05) is 0 Å². The summed E-state index contributed by atoms with van der Waals surface area (Å²) in [6.07, 6.45) is 0. The van der Waals surface area contributed by atoms with Crippen molar-refractivity contribution >= 4 is 53.9 Å². The quantitative estimate of drug-likeness (QED) is 0.122. The van der Waals surface area contributed by atoms with Crippen molar-refractivity contribution in [2.24, 2.45) is 0 Å². The molecule has 0 nitrogen and oxygen atoms in total. The van der Waals surface area contributed by atoms with Gasteiger partial charge in [-0.25, -0.2) is 0 Å². The topological polar surface area (TPSA) is 0 Å². The van der Waals surface area contributed by atoms with Crippen molar-refractivity contribution in [3.8, 4) is 44.5 Å². The lowest BCUT2D eigenvalue weighted by molar-refractivity contribution is 0.660. The van der Waals surface area contributed by atoms with Gasteiger partial charge in [0.25, 0.3) is 0 Å². The Bertz CT molecular complexity index is 3900. The molecule has 0 saturated carbocycles. The number of hydrogen-bond donors (Lipinski definition) is 0. The lowest BCUT2D eigenvalue weighted by Crippen LogP contribution is -2.28. The number of fused-ring (bicyclic) bond motifs is 14. The van der Waals surface area contributed by atoms with Crippen molar-refractivity contribution < 1.29 is 0 Å². The van der Waals surface area contributed by atoms with Gasteiger partial charge in [-0.05, 0) is 156 Å². The zero-order valence-electron chi connectivity index (χ0n) is 36.9. The third-order valence-corrected chi connectivity index (χ3v) is 15.5. The molecule has 0 N–H and O–H groups in total. The summed E-state index contributed by atoms with van der Waals surface area (Å²) < 4.78 is 0. The normalized spacial score (nSPS) is 14.2. The van der Waals surface area contributed by atoms with Gasteiger partial charge in [0.05, 0.1) is 5.41 Å². The predicted molar refractivity (Wildman–Crippen MR) is 280 cm³/mol. The third kappa shape index (κ3) is 4.94. The van der Waals surface area contributed by atoms with Crippen LogP contribution in [0, 0.1) is 0 Å². The first-order chi connectivity index (χ1) is 32.5. The molecule has 0 heterocycles. The van der Waals surface area contributed by atoms with Crippen LogP contribution in [0.4, 0.5) is 0 Å². The number of rotatable bonds is 4. The summed E-state index contributed by atoms with van der Waals surface area (Å²) in [5.41, 5.74) is 17.8. The van der Waals surface area contributed by atoms with E-state index in [9.17, 15) is 0 Å². The summed E-state index contributed by atoms with van der Waals surface area (Å²) in [4.78, 5) is 0. The van der Waals surface area contributed by atoms with Gasteiger partial charge in [-0.15, -0.1) is 0 Å². The first kappa shape index (κ1) is 37.3. The summed E-state index contributed by atoms with van der Waals surface area (Å²) in [7, 11) is 0. The fourth-order valence-corrected chi connectivity index (χ4v) is 12.7. The Labute approximate surface area is 385 Å². The SMILES string of the molecule is CC1(C)c2ccccc2-c2ccc(-c3c4ccccc4c(-c4ccc5cc6c(cc5c4)C(c4ccccc4)(c4ccccc4)c4c-6c5ccccc5c5ccccc45)c4ccccc34)cc21. The fourth-order valence-electron chi connectivity index (χ4n) is 12.7. The molecule has 2 aliphatic carbocycles. The molecule has 0 spiro atoms. The van der Waals surface area contributed by atoms with Crippen molar-refractivity contribution in [3.05, 3.63) is 264 Å². The highest BCUT2D eigenvalue weighted by atomic mass is 14.5. The lowest BCUT2D eigenvalue weighted by atomic mass is 9.66. The molecule has 0 unspecified atom stereocenters. The summed E-state index contributed by atoms with van der Waals surface area (Å²) >= 11 is 0. The highest BCUT2D eigenvalue weighted by Crippen LogP contribution is 2.61. The van der Waals surface area contributed by atoms with Crippen LogP contribution >= 0.6 is 0 Å². The van der Waals surface area contributed by atoms with Gasteiger partial charge >= 0.3 is 0 Å². The molecule has 0 aromatic heterocycles. The van der Waals surface area contributed by atoms with Gasteiger partial charge in [-0.2, -0.15) is 0 Å². The van der Waals surface area contributed by atoms with Crippen LogP contribution in [0.1, 0.15) is 47.2 Å². The maximum absolute atomic E-state index is 2.54. The summed E-state index contributed by atoms with van der Waals surface area (Å²) in [5.74, 6) is 0. The number of benzene rings is 12. The average Bonchev–Trinajstić information content (AvgIpc) is 3.80. The predicted octanol–water partition coefficient (Wildman–Crippen LogP) is 17.5. The van der Waals surface area contributed by atoms with Crippen LogP contribution in [0.3, 0.4) is 0 Å². The standard InChI is InChI=1S/C66H44/c1-65(2)58-32-18-17-25-49(58)50-36-35-43(39-59(50)65)62-54-29-14-12-27-52(54)61(53-28-13-15-30-55(53)62)42-34-33-41-38-57-60(40-44(41)37-42)66(45-19-5-3-6-20-45,46-21-7-4-8-22-46)64-56-31-16-10-24-48(56)47-23-9-11-26-51(47)63(57)64/h3-40H,1-2H3. The number of hydrogen-bond acceptors (Lipinski definition) is 0. The minimum atomic E-state index is -0.562. The second kappa shape index (κ2) is 13.7. The van der Waals surface area contributed by atoms with E-state index in [0.29, 0.717) is 0 Å². The van der Waals surface area contributed by atoms with E-state index in [1.807, 2.05) is 0 Å². The van der Waals surface area contributed by atoms with Crippen molar-refractivity contribution in [1.29, 1.82) is 0 Å². The summed E-state index contributed by atoms with van der Waals surface area (Å²) in [5, 5.41) is 12.7. The Balaban J connectivity index is 1.04. The van der Waals surface area contributed by atoms with E-state index in [2.05, 4.69) is 244 Å². The van der Waals surface area contributed by atoms with Crippen LogP contribution in [-0.4, -0.2) is 0 Å². The monoisotopic (exact) mass is 836 g/mol. The molecule has 2 aliphatic rings. The van der Waals surface area contributed by atoms with Gasteiger partial charge < -0.3 is 0 Å². The summed E-state index contributed by atoms with van der Waals surface area (Å²) in [6, 6.07) is 87.2. The van der Waals surface area contributed by atoms with Crippen molar-refractivity contribution in [1.82, 2.24) is 0 Å². The molecule has 0 aliphatic heterocycles. The highest BCUT2D eigenvalue weighted by Gasteiger charge is 2.48. The van der Waals surface area contributed by atoms with Gasteiger partial charge in [0.1, 0.15) is 0 Å². The van der Waals surface area contributed by atoms with E-state index in [1.165, 1.54) is 132 Å². The molecular weight excluding hydrogens is 793 g/mol. The maximum Gasteiger partial charge on any atom is 0.0720 e. The zero-order valence-corrected chi connectivity index (χ0v) is 36.9. The third-order valence-electron chi connectivity index (χ3n) is 15.5. The molecule has 12 aromatic carbocycles. The zero-order chi connectivity index (χ0) is 43.7. The Morgan fingerprint density at radius 1 is 0.273 bits per heavy atom. The van der Waals surface area contributed by atoms with Gasteiger partial charge in [0.15, 0.2) is 0 Å². The molecule has 0 fully saturated rings. The minimum absolute atomic E-state index is 0.0844. The molecule has 0 saturated heterocycles. The average molecular weight is 837 g/mol. The van der Waals surface area contributed by atoms with Crippen molar-refractivity contribution in [3.63, 3.8) is 0 Å². The largest absolute Gasteiger partial charge is 0.0720 e. The van der Waals surface area contributed by atoms with E-state index in [0.717, 1.165) is 0 Å². The van der Waals surface area contributed by atoms with E-state index in [-0.39, 0.29) is 5.41 Å². The highest BCUT2D eigenvalue weighted by molar-refractivity contribution is 6.23. The van der Waals surface area contributed by atoms with Crippen LogP contribution in [-0.2, 0) is 10.8 Å². The molecule has 14 rings (SSSR count). The molecule has 66 heavy (non-hydrogen) atoms. The lowest BCUT2D eigenvalue weighted by Gasteiger charge is -2.35.